The highest BCUT2D eigenvalue weighted by atomic mass is 32.2. The summed E-state index contributed by atoms with van der Waals surface area (Å²) in [5.74, 6) is 2.46. The zero-order valence-electron chi connectivity index (χ0n) is 9.75. The average Bonchev–Trinajstić information content (AvgIpc) is 2.68. The van der Waals surface area contributed by atoms with E-state index in [1.807, 2.05) is 37.7 Å². The Morgan fingerprint density at radius 3 is 2.56 bits per heavy atom. The van der Waals surface area contributed by atoms with Crippen LogP contribution in [0.3, 0.4) is 0 Å². The molecular formula is C13H17NOS. The molecular weight excluding hydrogens is 218 g/mol. The molecule has 1 fully saturated rings. The van der Waals surface area contributed by atoms with E-state index in [1.165, 1.54) is 11.1 Å². The monoisotopic (exact) mass is 235 g/mol. The number of aryl methyl sites for hydroxylation is 2. The minimum atomic E-state index is 0.176. The molecule has 1 unspecified atom stereocenters. The minimum Gasteiger partial charge on any atom is -0.326 e. The zero-order chi connectivity index (χ0) is 11.5. The first kappa shape index (κ1) is 11.5. The lowest BCUT2D eigenvalue weighted by atomic mass is 10.1. The third-order valence-electron chi connectivity index (χ3n) is 2.79. The molecule has 2 rings (SSSR count). The number of carbonyl (C=O) groups is 1. The van der Waals surface area contributed by atoms with Gasteiger partial charge < -0.3 is 5.32 Å². The van der Waals surface area contributed by atoms with E-state index in [0.717, 1.165) is 23.6 Å². The Balaban J connectivity index is 2.05. The molecule has 0 aliphatic carbocycles. The van der Waals surface area contributed by atoms with Gasteiger partial charge in [-0.25, -0.2) is 0 Å². The van der Waals surface area contributed by atoms with Crippen LogP contribution in [0.15, 0.2) is 18.2 Å². The zero-order valence-corrected chi connectivity index (χ0v) is 10.6. The van der Waals surface area contributed by atoms with Gasteiger partial charge in [0.2, 0.25) is 5.91 Å². The molecule has 1 saturated heterocycles. The summed E-state index contributed by atoms with van der Waals surface area (Å²) in [6.07, 6.45) is 1.02. The van der Waals surface area contributed by atoms with Gasteiger partial charge in [-0.05, 0) is 49.3 Å². The molecule has 16 heavy (non-hydrogen) atoms. The summed E-state index contributed by atoms with van der Waals surface area (Å²) >= 11 is 1.87. The van der Waals surface area contributed by atoms with E-state index in [4.69, 9.17) is 0 Å². The van der Waals surface area contributed by atoms with Gasteiger partial charge in [0, 0.05) is 17.4 Å². The molecule has 1 aliphatic heterocycles. The second-order valence-corrected chi connectivity index (χ2v) is 5.58. The molecule has 0 radical (unpaired) electrons. The van der Waals surface area contributed by atoms with Gasteiger partial charge in [-0.1, -0.05) is 6.07 Å². The molecule has 3 heteroatoms. The molecule has 86 valence electrons. The van der Waals surface area contributed by atoms with Gasteiger partial charge in [0.05, 0.1) is 0 Å². The second-order valence-electron chi connectivity index (χ2n) is 4.43. The number of hydrogen-bond acceptors (Lipinski definition) is 2. The van der Waals surface area contributed by atoms with Crippen molar-refractivity contribution < 1.29 is 4.79 Å². The largest absolute Gasteiger partial charge is 0.326 e. The van der Waals surface area contributed by atoms with Crippen LogP contribution in [0.5, 0.6) is 0 Å². The van der Waals surface area contributed by atoms with Gasteiger partial charge >= 0.3 is 0 Å². The van der Waals surface area contributed by atoms with E-state index >= 15 is 0 Å². The van der Waals surface area contributed by atoms with Crippen molar-refractivity contribution in [2.45, 2.75) is 20.3 Å². The van der Waals surface area contributed by atoms with Gasteiger partial charge in [0.15, 0.2) is 0 Å². The van der Waals surface area contributed by atoms with Crippen molar-refractivity contribution in [1.29, 1.82) is 0 Å². The van der Waals surface area contributed by atoms with Crippen LogP contribution < -0.4 is 5.32 Å². The fraction of sp³-hybridized carbons (Fsp3) is 0.462. The number of amides is 1. The number of thioether (sulfide) groups is 1. The van der Waals surface area contributed by atoms with Crippen molar-refractivity contribution in [1.82, 2.24) is 0 Å². The smallest absolute Gasteiger partial charge is 0.228 e. The highest BCUT2D eigenvalue weighted by Crippen LogP contribution is 2.25. The SMILES string of the molecule is Cc1cc(C)cc(NC(=O)C2CCSC2)c1. The van der Waals surface area contributed by atoms with Gasteiger partial charge in [-0.3, -0.25) is 4.79 Å². The Bertz CT molecular complexity index is 377. The van der Waals surface area contributed by atoms with Crippen molar-refractivity contribution in [2.75, 3.05) is 16.8 Å². The summed E-state index contributed by atoms with van der Waals surface area (Å²) in [6.45, 7) is 4.10. The summed E-state index contributed by atoms with van der Waals surface area (Å²) in [5, 5.41) is 3.01. The molecule has 1 heterocycles. The molecule has 1 aromatic carbocycles. The lowest BCUT2D eigenvalue weighted by Gasteiger charge is -2.11. The maximum atomic E-state index is 11.9. The Labute approximate surface area is 101 Å². The quantitative estimate of drug-likeness (QED) is 0.853. The molecule has 1 aliphatic rings. The first-order chi connectivity index (χ1) is 7.65. The third-order valence-corrected chi connectivity index (χ3v) is 3.95. The minimum absolute atomic E-state index is 0.176. The first-order valence-corrected chi connectivity index (χ1v) is 6.77. The highest BCUT2D eigenvalue weighted by molar-refractivity contribution is 7.99. The fourth-order valence-electron chi connectivity index (χ4n) is 2.03. The summed E-state index contributed by atoms with van der Waals surface area (Å²) in [5.41, 5.74) is 3.31. The molecule has 0 spiro atoms. The van der Waals surface area contributed by atoms with Crippen molar-refractivity contribution >= 4 is 23.4 Å². The summed E-state index contributed by atoms with van der Waals surface area (Å²) in [4.78, 5) is 11.9. The first-order valence-electron chi connectivity index (χ1n) is 5.62. The average molecular weight is 235 g/mol. The van der Waals surface area contributed by atoms with E-state index in [-0.39, 0.29) is 11.8 Å². The second kappa shape index (κ2) is 4.91. The van der Waals surface area contributed by atoms with Gasteiger partial charge in [0.25, 0.3) is 0 Å². The van der Waals surface area contributed by atoms with Crippen LogP contribution in [0.4, 0.5) is 5.69 Å². The van der Waals surface area contributed by atoms with E-state index in [2.05, 4.69) is 11.4 Å². The van der Waals surface area contributed by atoms with Crippen LogP contribution in [0, 0.1) is 19.8 Å². The number of hydrogen-bond donors (Lipinski definition) is 1. The molecule has 0 bridgehead atoms. The van der Waals surface area contributed by atoms with Crippen LogP contribution >= 0.6 is 11.8 Å². The Morgan fingerprint density at radius 1 is 1.31 bits per heavy atom. The molecule has 0 saturated carbocycles. The molecule has 1 N–H and O–H groups in total. The van der Waals surface area contributed by atoms with Gasteiger partial charge in [0.1, 0.15) is 0 Å². The van der Waals surface area contributed by atoms with Crippen LogP contribution in [0.1, 0.15) is 17.5 Å². The lowest BCUT2D eigenvalue weighted by Crippen LogP contribution is -2.22. The number of benzene rings is 1. The van der Waals surface area contributed by atoms with E-state index in [9.17, 15) is 4.79 Å². The number of rotatable bonds is 2. The predicted molar refractivity (Wildman–Crippen MR) is 70.0 cm³/mol. The third kappa shape index (κ3) is 2.79. The molecule has 2 nitrogen and oxygen atoms in total. The predicted octanol–water partition coefficient (Wildman–Crippen LogP) is 3.00. The summed E-state index contributed by atoms with van der Waals surface area (Å²) in [7, 11) is 0. The lowest BCUT2D eigenvalue weighted by molar-refractivity contribution is -0.119. The number of nitrogens with one attached hydrogen (secondary N) is 1. The highest BCUT2D eigenvalue weighted by Gasteiger charge is 2.23. The maximum absolute atomic E-state index is 11.9. The van der Waals surface area contributed by atoms with Gasteiger partial charge in [-0.2, -0.15) is 11.8 Å². The summed E-state index contributed by atoms with van der Waals surface area (Å²) in [6, 6.07) is 6.15. The van der Waals surface area contributed by atoms with Crippen molar-refractivity contribution in [3.8, 4) is 0 Å². The van der Waals surface area contributed by atoms with Crippen LogP contribution in [0.2, 0.25) is 0 Å². The van der Waals surface area contributed by atoms with Crippen molar-refractivity contribution in [3.05, 3.63) is 29.3 Å². The number of anilines is 1. The molecule has 0 aromatic heterocycles. The Kier molecular flexibility index (Phi) is 3.54. The van der Waals surface area contributed by atoms with Crippen molar-refractivity contribution in [2.24, 2.45) is 5.92 Å². The van der Waals surface area contributed by atoms with E-state index < -0.39 is 0 Å². The number of carbonyl (C=O) groups excluding carboxylic acids is 1. The van der Waals surface area contributed by atoms with E-state index in [1.54, 1.807) is 0 Å². The van der Waals surface area contributed by atoms with Crippen LogP contribution in [-0.2, 0) is 4.79 Å². The fourth-order valence-corrected chi connectivity index (χ4v) is 3.25. The summed E-state index contributed by atoms with van der Waals surface area (Å²) < 4.78 is 0. The maximum Gasteiger partial charge on any atom is 0.228 e. The van der Waals surface area contributed by atoms with Gasteiger partial charge in [-0.15, -0.1) is 0 Å². The standard InChI is InChI=1S/C13H17NOS/c1-9-5-10(2)7-12(6-9)14-13(15)11-3-4-16-8-11/h5-7,11H,3-4,8H2,1-2H3,(H,14,15). The van der Waals surface area contributed by atoms with Crippen LogP contribution in [-0.4, -0.2) is 17.4 Å². The van der Waals surface area contributed by atoms with Crippen LogP contribution in [0.25, 0.3) is 0 Å². The molecule has 1 atom stereocenters. The molecule has 1 amide bonds. The Hall–Kier alpha value is -0.960. The van der Waals surface area contributed by atoms with Crippen molar-refractivity contribution in [3.63, 3.8) is 0 Å². The molecule has 1 aromatic rings. The van der Waals surface area contributed by atoms with E-state index in [0.29, 0.717) is 0 Å². The Morgan fingerprint density at radius 2 is 2.00 bits per heavy atom. The normalized spacial score (nSPS) is 19.8. The topological polar surface area (TPSA) is 29.1 Å².